The minimum absolute atomic E-state index is 0.201. The highest BCUT2D eigenvalue weighted by Crippen LogP contribution is 2.16. The third-order valence-corrected chi connectivity index (χ3v) is 5.26. The van der Waals surface area contributed by atoms with Crippen molar-refractivity contribution in [2.45, 2.75) is 134 Å². The molecule has 0 rings (SSSR count). The monoisotopic (exact) mass is 388 g/mol. The van der Waals surface area contributed by atoms with Crippen molar-refractivity contribution < 1.29 is 25.2 Å². The number of hydrogen-bond donors (Lipinski definition) is 4. The summed E-state index contributed by atoms with van der Waals surface area (Å²) in [4.78, 5) is 10.4. The van der Waals surface area contributed by atoms with Gasteiger partial charge in [0.2, 0.25) is 0 Å². The van der Waals surface area contributed by atoms with E-state index in [9.17, 15) is 20.1 Å². The third-order valence-electron chi connectivity index (χ3n) is 5.26. The average molecular weight is 389 g/mol. The van der Waals surface area contributed by atoms with E-state index in [0.29, 0.717) is 25.7 Å². The number of aliphatic carboxylic acids is 1. The Bertz CT molecular complexity index is 335. The smallest absolute Gasteiger partial charge is 0.303 e. The quantitative estimate of drug-likeness (QED) is 0.224. The van der Waals surface area contributed by atoms with Crippen molar-refractivity contribution in [2.24, 2.45) is 0 Å². The molecule has 0 aromatic heterocycles. The van der Waals surface area contributed by atoms with E-state index in [1.807, 2.05) is 0 Å². The van der Waals surface area contributed by atoms with Crippen molar-refractivity contribution in [3.05, 3.63) is 0 Å². The van der Waals surface area contributed by atoms with Crippen LogP contribution in [-0.2, 0) is 4.79 Å². The summed E-state index contributed by atoms with van der Waals surface area (Å²) in [5.41, 5.74) is 0. The van der Waals surface area contributed by atoms with Crippen LogP contribution in [0.15, 0.2) is 0 Å². The lowest BCUT2D eigenvalue weighted by molar-refractivity contribution is -0.137. The number of aliphatic hydroxyl groups is 3. The summed E-state index contributed by atoms with van der Waals surface area (Å²) in [7, 11) is 0. The number of rotatable bonds is 20. The molecule has 27 heavy (non-hydrogen) atoms. The van der Waals surface area contributed by atoms with Crippen LogP contribution in [0.3, 0.4) is 0 Å². The van der Waals surface area contributed by atoms with E-state index in [2.05, 4.69) is 6.92 Å². The second kappa shape index (κ2) is 18.7. The molecular weight excluding hydrogens is 344 g/mol. The van der Waals surface area contributed by atoms with Crippen LogP contribution in [-0.4, -0.2) is 44.7 Å². The first-order chi connectivity index (χ1) is 13.0. The second-order valence-corrected chi connectivity index (χ2v) is 7.98. The van der Waals surface area contributed by atoms with Gasteiger partial charge >= 0.3 is 5.97 Å². The fraction of sp³-hybridized carbons (Fsp3) is 0.955. The molecule has 0 aromatic carbocycles. The molecule has 4 N–H and O–H groups in total. The molecule has 0 aromatic rings. The van der Waals surface area contributed by atoms with E-state index in [1.54, 1.807) is 0 Å². The Labute approximate surface area is 166 Å². The number of unbranched alkanes of at least 4 members (excludes halogenated alkanes) is 9. The van der Waals surface area contributed by atoms with Gasteiger partial charge in [-0.1, -0.05) is 71.1 Å². The predicted octanol–water partition coefficient (Wildman–Crippen LogP) is 4.81. The Morgan fingerprint density at radius 1 is 0.630 bits per heavy atom. The van der Waals surface area contributed by atoms with Crippen LogP contribution >= 0.6 is 0 Å². The molecule has 0 aliphatic heterocycles. The lowest BCUT2D eigenvalue weighted by Crippen LogP contribution is -2.26. The first-order valence-corrected chi connectivity index (χ1v) is 11.2. The zero-order chi connectivity index (χ0) is 20.3. The Morgan fingerprint density at radius 2 is 1.07 bits per heavy atom. The molecular formula is C22H44O5. The van der Waals surface area contributed by atoms with Gasteiger partial charge in [0.05, 0.1) is 18.3 Å². The first-order valence-electron chi connectivity index (χ1n) is 11.2. The highest BCUT2D eigenvalue weighted by Gasteiger charge is 2.16. The van der Waals surface area contributed by atoms with Gasteiger partial charge in [-0.05, 0) is 38.5 Å². The molecule has 0 aliphatic carbocycles. The molecule has 5 nitrogen and oxygen atoms in total. The van der Waals surface area contributed by atoms with Gasteiger partial charge in [-0.2, -0.15) is 0 Å². The van der Waals surface area contributed by atoms with E-state index < -0.39 is 18.2 Å². The van der Waals surface area contributed by atoms with Crippen LogP contribution in [0.4, 0.5) is 0 Å². The molecule has 0 bridgehead atoms. The van der Waals surface area contributed by atoms with Crippen LogP contribution in [0.2, 0.25) is 0 Å². The molecule has 0 saturated heterocycles. The van der Waals surface area contributed by atoms with Gasteiger partial charge in [-0.3, -0.25) is 4.79 Å². The van der Waals surface area contributed by atoms with Crippen molar-refractivity contribution in [3.8, 4) is 0 Å². The van der Waals surface area contributed by atoms with Crippen LogP contribution in [0.5, 0.6) is 0 Å². The molecule has 0 fully saturated rings. The Morgan fingerprint density at radius 3 is 1.67 bits per heavy atom. The number of carboxylic acids is 1. The van der Waals surface area contributed by atoms with Gasteiger partial charge in [0.1, 0.15) is 0 Å². The van der Waals surface area contributed by atoms with E-state index >= 15 is 0 Å². The summed E-state index contributed by atoms with van der Waals surface area (Å²) in [6, 6.07) is 0. The molecule has 0 unspecified atom stereocenters. The zero-order valence-electron chi connectivity index (χ0n) is 17.4. The second-order valence-electron chi connectivity index (χ2n) is 7.98. The van der Waals surface area contributed by atoms with Crippen LogP contribution in [0.1, 0.15) is 116 Å². The molecule has 5 heteroatoms. The molecule has 162 valence electrons. The summed E-state index contributed by atoms with van der Waals surface area (Å²) < 4.78 is 0. The van der Waals surface area contributed by atoms with E-state index in [-0.39, 0.29) is 12.5 Å². The maximum absolute atomic E-state index is 10.4. The van der Waals surface area contributed by atoms with Crippen molar-refractivity contribution in [3.63, 3.8) is 0 Å². The minimum Gasteiger partial charge on any atom is -0.481 e. The highest BCUT2D eigenvalue weighted by atomic mass is 16.4. The van der Waals surface area contributed by atoms with Gasteiger partial charge in [-0.15, -0.1) is 0 Å². The highest BCUT2D eigenvalue weighted by molar-refractivity contribution is 5.66. The number of hydrogen-bond acceptors (Lipinski definition) is 4. The van der Waals surface area contributed by atoms with Crippen molar-refractivity contribution >= 4 is 5.97 Å². The van der Waals surface area contributed by atoms with Crippen LogP contribution in [0, 0.1) is 0 Å². The molecule has 0 heterocycles. The van der Waals surface area contributed by atoms with Gasteiger partial charge in [0.15, 0.2) is 0 Å². The fourth-order valence-electron chi connectivity index (χ4n) is 3.41. The van der Waals surface area contributed by atoms with Gasteiger partial charge in [0, 0.05) is 6.42 Å². The molecule has 0 amide bonds. The maximum atomic E-state index is 10.4. The van der Waals surface area contributed by atoms with Crippen molar-refractivity contribution in [2.75, 3.05) is 0 Å². The van der Waals surface area contributed by atoms with Crippen LogP contribution < -0.4 is 0 Å². The summed E-state index contributed by atoms with van der Waals surface area (Å²) in [5.74, 6) is -0.764. The first kappa shape index (κ1) is 26.4. The number of aliphatic hydroxyl groups excluding tert-OH is 3. The summed E-state index contributed by atoms with van der Waals surface area (Å²) in [6.45, 7) is 2.22. The van der Waals surface area contributed by atoms with Gasteiger partial charge < -0.3 is 20.4 Å². The summed E-state index contributed by atoms with van der Waals surface area (Å²) in [6.07, 6.45) is 13.7. The SMILES string of the molecule is CCCCCCCCC[C@@H](O)CCC[C@@H](O)[C@H](O)CCCCCCC(=O)O. The lowest BCUT2D eigenvalue weighted by Gasteiger charge is -2.18. The molecule has 0 aliphatic rings. The normalized spacial score (nSPS) is 14.8. The Balaban J connectivity index is 3.51. The number of carboxylic acid groups (broad SMARTS) is 1. The molecule has 3 atom stereocenters. The van der Waals surface area contributed by atoms with Crippen LogP contribution in [0.25, 0.3) is 0 Å². The van der Waals surface area contributed by atoms with Crippen molar-refractivity contribution in [1.82, 2.24) is 0 Å². The largest absolute Gasteiger partial charge is 0.481 e. The number of carbonyl (C=O) groups is 1. The summed E-state index contributed by atoms with van der Waals surface area (Å²) in [5, 5.41) is 38.6. The molecule has 0 radical (unpaired) electrons. The molecule has 0 saturated carbocycles. The van der Waals surface area contributed by atoms with E-state index in [1.165, 1.54) is 38.5 Å². The average Bonchev–Trinajstić information content (AvgIpc) is 2.63. The lowest BCUT2D eigenvalue weighted by atomic mass is 9.98. The summed E-state index contributed by atoms with van der Waals surface area (Å²) >= 11 is 0. The minimum atomic E-state index is -0.764. The third kappa shape index (κ3) is 18.5. The van der Waals surface area contributed by atoms with E-state index in [4.69, 9.17) is 5.11 Å². The Kier molecular flexibility index (Phi) is 18.3. The van der Waals surface area contributed by atoms with E-state index in [0.717, 1.165) is 38.5 Å². The Hall–Kier alpha value is -0.650. The topological polar surface area (TPSA) is 98.0 Å². The van der Waals surface area contributed by atoms with Gasteiger partial charge in [0.25, 0.3) is 0 Å². The molecule has 0 spiro atoms. The predicted molar refractivity (Wildman–Crippen MR) is 110 cm³/mol. The van der Waals surface area contributed by atoms with Crippen molar-refractivity contribution in [1.29, 1.82) is 0 Å². The fourth-order valence-corrected chi connectivity index (χ4v) is 3.41. The van der Waals surface area contributed by atoms with Gasteiger partial charge in [-0.25, -0.2) is 0 Å². The maximum Gasteiger partial charge on any atom is 0.303 e. The standard InChI is InChI=1S/C22H44O5/c1-2-3-4-5-6-7-10-14-19(23)15-13-17-21(25)20(24)16-11-8-9-12-18-22(26)27/h19-21,23-25H,2-18H2,1H3,(H,26,27)/t19-,20-,21-/m1/s1. The zero-order valence-corrected chi connectivity index (χ0v) is 17.4.